The summed E-state index contributed by atoms with van der Waals surface area (Å²) >= 11 is 5.96. The third-order valence-corrected chi connectivity index (χ3v) is 5.52. The normalized spacial score (nSPS) is 10.5. The van der Waals surface area contributed by atoms with Crippen LogP contribution in [0.25, 0.3) is 0 Å². The highest BCUT2D eigenvalue weighted by Crippen LogP contribution is 2.27. The summed E-state index contributed by atoms with van der Waals surface area (Å²) in [5.74, 6) is -3.37. The number of nitrogens with zero attached hydrogens (tertiary/aromatic N) is 1. The molecule has 188 valence electrons. The van der Waals surface area contributed by atoms with Gasteiger partial charge in [0.2, 0.25) is 0 Å². The second-order valence-corrected chi connectivity index (χ2v) is 8.48. The number of rotatable bonds is 6. The zero-order valence-corrected chi connectivity index (χ0v) is 20.7. The number of urea groups is 2. The average Bonchev–Trinajstić information content (AvgIpc) is 2.80. The first-order valence-electron chi connectivity index (χ1n) is 11.1. The molecule has 0 spiro atoms. The molecule has 0 aliphatic heterocycles. The molecule has 3 aromatic rings. The second kappa shape index (κ2) is 11.6. The molecule has 0 saturated heterocycles. The van der Waals surface area contributed by atoms with Crippen LogP contribution in [0.2, 0.25) is 5.02 Å². The van der Waals surface area contributed by atoms with Crippen LogP contribution in [0.4, 0.5) is 35.4 Å². The Balaban J connectivity index is 1.72. The highest BCUT2D eigenvalue weighted by Gasteiger charge is 2.20. The molecular formula is C26H25ClF2N4O3. The number of carbonyl (C=O) groups is 3. The van der Waals surface area contributed by atoms with Crippen molar-refractivity contribution >= 4 is 46.6 Å². The summed E-state index contributed by atoms with van der Waals surface area (Å²) < 4.78 is 27.6. The van der Waals surface area contributed by atoms with Gasteiger partial charge in [-0.15, -0.1) is 0 Å². The molecule has 5 amide bonds. The minimum atomic E-state index is -1.21. The van der Waals surface area contributed by atoms with E-state index in [1.54, 1.807) is 55.1 Å². The summed E-state index contributed by atoms with van der Waals surface area (Å²) in [6.07, 6.45) is 0.738. The van der Waals surface area contributed by atoms with Crippen LogP contribution in [-0.4, -0.2) is 24.5 Å². The van der Waals surface area contributed by atoms with Gasteiger partial charge in [0.15, 0.2) is 0 Å². The highest BCUT2D eigenvalue weighted by molar-refractivity contribution is 6.30. The monoisotopic (exact) mass is 514 g/mol. The lowest BCUT2D eigenvalue weighted by molar-refractivity contribution is 0.0959. The van der Waals surface area contributed by atoms with Crippen LogP contribution in [0.1, 0.15) is 34.8 Å². The van der Waals surface area contributed by atoms with Gasteiger partial charge in [-0.2, -0.15) is 0 Å². The first-order valence-corrected chi connectivity index (χ1v) is 11.5. The van der Waals surface area contributed by atoms with E-state index in [-0.39, 0.29) is 6.03 Å². The van der Waals surface area contributed by atoms with Crippen LogP contribution in [0.5, 0.6) is 0 Å². The molecule has 0 aliphatic carbocycles. The van der Waals surface area contributed by atoms with Crippen LogP contribution >= 0.6 is 11.6 Å². The Morgan fingerprint density at radius 1 is 0.917 bits per heavy atom. The van der Waals surface area contributed by atoms with E-state index in [1.807, 2.05) is 12.2 Å². The molecular weight excluding hydrogens is 490 g/mol. The average molecular weight is 515 g/mol. The molecule has 0 saturated carbocycles. The molecule has 3 aromatic carbocycles. The van der Waals surface area contributed by atoms with Crippen LogP contribution in [0, 0.1) is 25.5 Å². The number of hydrogen-bond acceptors (Lipinski definition) is 3. The third-order valence-electron chi connectivity index (χ3n) is 5.27. The zero-order chi connectivity index (χ0) is 26.4. The quantitative estimate of drug-likeness (QED) is 0.344. The van der Waals surface area contributed by atoms with Gasteiger partial charge in [-0.25, -0.2) is 18.4 Å². The minimum absolute atomic E-state index is 0.324. The van der Waals surface area contributed by atoms with Crippen molar-refractivity contribution in [2.24, 2.45) is 0 Å². The molecule has 3 rings (SSSR count). The SMILES string of the molecule is CCCN(C(=O)Nc1c(C)cc(NC(=O)NC(=O)c2c(F)cccc2F)cc1C)c1ccc(Cl)cc1. The fraction of sp³-hybridized carbons (Fsp3) is 0.192. The maximum Gasteiger partial charge on any atom is 0.326 e. The van der Waals surface area contributed by atoms with Gasteiger partial charge in [-0.3, -0.25) is 15.0 Å². The van der Waals surface area contributed by atoms with Crippen molar-refractivity contribution in [3.8, 4) is 0 Å². The fourth-order valence-corrected chi connectivity index (χ4v) is 3.77. The standard InChI is InChI=1S/C26H25ClF2N4O3/c1-4-12-33(19-10-8-17(27)9-11-19)26(36)31-23-15(2)13-18(14-16(23)3)30-25(35)32-24(34)22-20(28)6-5-7-21(22)29/h5-11,13-14H,4,12H2,1-3H3,(H,31,36)(H2,30,32,34,35). The molecule has 0 radical (unpaired) electrons. The summed E-state index contributed by atoms with van der Waals surface area (Å²) in [5, 5.41) is 7.85. The zero-order valence-electron chi connectivity index (χ0n) is 19.9. The second-order valence-electron chi connectivity index (χ2n) is 8.05. The number of imide groups is 1. The van der Waals surface area contributed by atoms with Gasteiger partial charge < -0.3 is 10.6 Å². The number of halogens is 3. The number of aryl methyl sites for hydroxylation is 2. The molecule has 0 aliphatic rings. The van der Waals surface area contributed by atoms with E-state index in [2.05, 4.69) is 10.6 Å². The Labute approximate surface area is 212 Å². The van der Waals surface area contributed by atoms with Crippen molar-refractivity contribution in [2.75, 3.05) is 22.1 Å². The molecule has 3 N–H and O–H groups in total. The Bertz CT molecular complexity index is 1260. The molecule has 0 bridgehead atoms. The molecule has 0 unspecified atom stereocenters. The van der Waals surface area contributed by atoms with E-state index in [0.717, 1.165) is 24.6 Å². The van der Waals surface area contributed by atoms with Gasteiger partial charge >= 0.3 is 12.1 Å². The van der Waals surface area contributed by atoms with Crippen molar-refractivity contribution in [3.05, 3.63) is 87.9 Å². The maximum atomic E-state index is 13.8. The molecule has 7 nitrogen and oxygen atoms in total. The van der Waals surface area contributed by atoms with Crippen molar-refractivity contribution in [1.82, 2.24) is 5.32 Å². The topological polar surface area (TPSA) is 90.5 Å². The van der Waals surface area contributed by atoms with Gasteiger partial charge in [-0.05, 0) is 79.9 Å². The Hall–Kier alpha value is -3.98. The van der Waals surface area contributed by atoms with E-state index in [4.69, 9.17) is 11.6 Å². The number of anilines is 3. The Morgan fingerprint density at radius 2 is 1.50 bits per heavy atom. The summed E-state index contributed by atoms with van der Waals surface area (Å²) in [4.78, 5) is 39.1. The predicted octanol–water partition coefficient (Wildman–Crippen LogP) is 6.65. The highest BCUT2D eigenvalue weighted by atomic mass is 35.5. The van der Waals surface area contributed by atoms with Gasteiger partial charge in [-0.1, -0.05) is 24.6 Å². The minimum Gasteiger partial charge on any atom is -0.308 e. The lowest BCUT2D eigenvalue weighted by Gasteiger charge is -2.24. The molecule has 0 atom stereocenters. The van der Waals surface area contributed by atoms with Crippen molar-refractivity contribution in [2.45, 2.75) is 27.2 Å². The number of carbonyl (C=O) groups excluding carboxylic acids is 3. The molecule has 10 heteroatoms. The van der Waals surface area contributed by atoms with E-state index >= 15 is 0 Å². The van der Waals surface area contributed by atoms with E-state index in [0.29, 0.717) is 39.8 Å². The van der Waals surface area contributed by atoms with Crippen LogP contribution in [-0.2, 0) is 0 Å². The van der Waals surface area contributed by atoms with E-state index in [1.165, 1.54) is 0 Å². The number of hydrogen-bond donors (Lipinski definition) is 3. The third kappa shape index (κ3) is 6.37. The molecule has 0 fully saturated rings. The lowest BCUT2D eigenvalue weighted by Crippen LogP contribution is -2.36. The first-order chi connectivity index (χ1) is 17.1. The van der Waals surface area contributed by atoms with Gasteiger partial charge in [0.05, 0.1) is 0 Å². The van der Waals surface area contributed by atoms with Gasteiger partial charge in [0, 0.05) is 28.6 Å². The molecule has 0 heterocycles. The van der Waals surface area contributed by atoms with Crippen molar-refractivity contribution in [1.29, 1.82) is 0 Å². The molecule has 0 aromatic heterocycles. The summed E-state index contributed by atoms with van der Waals surface area (Å²) in [6, 6.07) is 11.8. The number of nitrogens with one attached hydrogen (secondary N) is 3. The largest absolute Gasteiger partial charge is 0.326 e. The smallest absolute Gasteiger partial charge is 0.308 e. The summed E-state index contributed by atoms with van der Waals surface area (Å²) in [7, 11) is 0. The van der Waals surface area contributed by atoms with Gasteiger partial charge in [0.1, 0.15) is 17.2 Å². The first kappa shape index (κ1) is 26.6. The van der Waals surface area contributed by atoms with Crippen LogP contribution < -0.4 is 20.9 Å². The van der Waals surface area contributed by atoms with Crippen LogP contribution in [0.3, 0.4) is 0 Å². The predicted molar refractivity (Wildman–Crippen MR) is 137 cm³/mol. The van der Waals surface area contributed by atoms with E-state index in [9.17, 15) is 23.2 Å². The summed E-state index contributed by atoms with van der Waals surface area (Å²) in [5.41, 5.74) is 2.03. The van der Waals surface area contributed by atoms with Crippen LogP contribution in [0.15, 0.2) is 54.6 Å². The Morgan fingerprint density at radius 3 is 2.06 bits per heavy atom. The number of benzene rings is 3. The number of amides is 5. The fourth-order valence-electron chi connectivity index (χ4n) is 3.64. The summed E-state index contributed by atoms with van der Waals surface area (Å²) in [6.45, 7) is 5.95. The Kier molecular flexibility index (Phi) is 8.60. The van der Waals surface area contributed by atoms with E-state index < -0.39 is 29.1 Å². The maximum absolute atomic E-state index is 13.8. The lowest BCUT2D eigenvalue weighted by atomic mass is 10.1. The molecule has 36 heavy (non-hydrogen) atoms. The van der Waals surface area contributed by atoms with Crippen molar-refractivity contribution < 1.29 is 23.2 Å². The van der Waals surface area contributed by atoms with Crippen molar-refractivity contribution in [3.63, 3.8) is 0 Å². The van der Waals surface area contributed by atoms with Gasteiger partial charge in [0.25, 0.3) is 5.91 Å².